The third kappa shape index (κ3) is 4.34. The number of benzene rings is 2. The highest BCUT2D eigenvalue weighted by atomic mass is 32.2. The van der Waals surface area contributed by atoms with Gasteiger partial charge in [-0.15, -0.1) is 0 Å². The summed E-state index contributed by atoms with van der Waals surface area (Å²) in [6.45, 7) is 5.76. The molecule has 2 unspecified atom stereocenters. The highest BCUT2D eigenvalue weighted by Gasteiger charge is 2.45. The lowest BCUT2D eigenvalue weighted by Crippen LogP contribution is -2.45. The second-order valence-electron chi connectivity index (χ2n) is 7.89. The number of rotatable bonds is 6. The van der Waals surface area contributed by atoms with Gasteiger partial charge in [0, 0.05) is 5.75 Å². The van der Waals surface area contributed by atoms with E-state index in [1.54, 1.807) is 19.1 Å². The van der Waals surface area contributed by atoms with Crippen molar-refractivity contribution in [3.63, 3.8) is 0 Å². The van der Waals surface area contributed by atoms with Crippen molar-refractivity contribution < 1.29 is 17.9 Å². The minimum atomic E-state index is -3.52. The molecule has 0 aromatic heterocycles. The number of amidine groups is 1. The van der Waals surface area contributed by atoms with E-state index in [2.05, 4.69) is 4.99 Å². The molecule has 0 bridgehead atoms. The number of esters is 1. The van der Waals surface area contributed by atoms with Gasteiger partial charge in [-0.2, -0.15) is 0 Å². The molecule has 32 heavy (non-hydrogen) atoms. The fourth-order valence-corrected chi connectivity index (χ4v) is 6.99. The number of aryl methyl sites for hydroxylation is 1. The Morgan fingerprint density at radius 2 is 1.81 bits per heavy atom. The number of hydrogen-bond donors (Lipinski definition) is 0. The van der Waals surface area contributed by atoms with Gasteiger partial charge in [0.25, 0.3) is 0 Å². The van der Waals surface area contributed by atoms with Crippen LogP contribution >= 0.6 is 11.8 Å². The SMILES string of the molecule is CCOC(=O)C1=C(C)N=C2SCC(CS(=O)(=O)c3ccc(C)cc3)N2C1c1ccccc1. The molecule has 2 aromatic rings. The lowest BCUT2D eigenvalue weighted by Gasteiger charge is -2.38. The molecule has 2 aliphatic heterocycles. The Morgan fingerprint density at radius 1 is 1.12 bits per heavy atom. The van der Waals surface area contributed by atoms with Crippen molar-refractivity contribution in [3.8, 4) is 0 Å². The third-order valence-corrected chi connectivity index (χ3v) is 8.55. The van der Waals surface area contributed by atoms with Crippen LogP contribution in [0.4, 0.5) is 0 Å². The van der Waals surface area contributed by atoms with E-state index in [0.29, 0.717) is 21.9 Å². The number of aliphatic imine (C=N–C) groups is 1. The van der Waals surface area contributed by atoms with E-state index in [9.17, 15) is 13.2 Å². The summed E-state index contributed by atoms with van der Waals surface area (Å²) in [6.07, 6.45) is 0. The van der Waals surface area contributed by atoms with Crippen LogP contribution in [-0.4, -0.2) is 48.6 Å². The van der Waals surface area contributed by atoms with Gasteiger partial charge in [-0.1, -0.05) is 59.8 Å². The number of sulfone groups is 1. The summed E-state index contributed by atoms with van der Waals surface area (Å²) in [7, 11) is -3.52. The molecule has 0 spiro atoms. The molecule has 4 rings (SSSR count). The molecular weight excluding hydrogens is 444 g/mol. The van der Waals surface area contributed by atoms with Crippen LogP contribution in [0.3, 0.4) is 0 Å². The fraction of sp³-hybridized carbons (Fsp3) is 0.333. The first kappa shape index (κ1) is 22.6. The number of fused-ring (bicyclic) bond motifs is 1. The normalized spacial score (nSPS) is 20.7. The number of carbonyl (C=O) groups excluding carboxylic acids is 1. The van der Waals surface area contributed by atoms with Crippen LogP contribution in [0.5, 0.6) is 0 Å². The maximum absolute atomic E-state index is 13.2. The number of thioether (sulfide) groups is 1. The predicted octanol–water partition coefficient (Wildman–Crippen LogP) is 4.13. The van der Waals surface area contributed by atoms with Gasteiger partial charge in [-0.3, -0.25) is 0 Å². The standard InChI is InChI=1S/C24H26N2O4S2/c1-4-30-23(27)21-17(3)25-24-26(22(21)18-8-6-5-7-9-18)19(14-31-24)15-32(28,29)20-12-10-16(2)11-13-20/h5-13,19,22H,4,14-15H2,1-3H3. The van der Waals surface area contributed by atoms with Crippen molar-refractivity contribution in [1.82, 2.24) is 4.90 Å². The lowest BCUT2D eigenvalue weighted by atomic mass is 9.93. The van der Waals surface area contributed by atoms with Crippen LogP contribution in [0.25, 0.3) is 0 Å². The van der Waals surface area contributed by atoms with Gasteiger partial charge in [0.1, 0.15) is 0 Å². The molecular formula is C24H26N2O4S2. The van der Waals surface area contributed by atoms with E-state index in [0.717, 1.165) is 16.3 Å². The first-order chi connectivity index (χ1) is 15.3. The Bertz CT molecular complexity index is 1170. The summed E-state index contributed by atoms with van der Waals surface area (Å²) in [4.78, 5) is 19.9. The zero-order valence-electron chi connectivity index (χ0n) is 18.3. The Labute approximate surface area is 193 Å². The zero-order chi connectivity index (χ0) is 22.9. The largest absolute Gasteiger partial charge is 0.463 e. The van der Waals surface area contributed by atoms with Crippen LogP contribution < -0.4 is 0 Å². The smallest absolute Gasteiger partial charge is 0.338 e. The zero-order valence-corrected chi connectivity index (χ0v) is 19.9. The average Bonchev–Trinajstić information content (AvgIpc) is 3.15. The van der Waals surface area contributed by atoms with Crippen LogP contribution in [0.15, 0.2) is 75.8 Å². The van der Waals surface area contributed by atoms with Gasteiger partial charge in [-0.05, 0) is 38.5 Å². The molecule has 8 heteroatoms. The Hall–Kier alpha value is -2.58. The van der Waals surface area contributed by atoms with Gasteiger partial charge in [0.15, 0.2) is 15.0 Å². The summed E-state index contributed by atoms with van der Waals surface area (Å²) in [6, 6.07) is 15.8. The lowest BCUT2D eigenvalue weighted by molar-refractivity contribution is -0.139. The van der Waals surface area contributed by atoms with Crippen molar-refractivity contribution >= 4 is 32.7 Å². The monoisotopic (exact) mass is 470 g/mol. The van der Waals surface area contributed by atoms with Gasteiger partial charge < -0.3 is 9.64 Å². The van der Waals surface area contributed by atoms with E-state index >= 15 is 0 Å². The van der Waals surface area contributed by atoms with E-state index in [1.165, 1.54) is 11.8 Å². The number of hydrogen-bond acceptors (Lipinski definition) is 7. The highest BCUT2D eigenvalue weighted by molar-refractivity contribution is 8.14. The van der Waals surface area contributed by atoms with Gasteiger partial charge >= 0.3 is 5.97 Å². The van der Waals surface area contributed by atoms with E-state index < -0.39 is 21.8 Å². The molecule has 0 radical (unpaired) electrons. The maximum Gasteiger partial charge on any atom is 0.338 e. The highest BCUT2D eigenvalue weighted by Crippen LogP contribution is 2.43. The molecule has 0 saturated carbocycles. The molecule has 2 atom stereocenters. The molecule has 2 aliphatic rings. The number of allylic oxidation sites excluding steroid dienone is 1. The van der Waals surface area contributed by atoms with Crippen molar-refractivity contribution in [2.45, 2.75) is 37.8 Å². The fourth-order valence-electron chi connectivity index (χ4n) is 4.09. The number of nitrogens with zero attached hydrogens (tertiary/aromatic N) is 2. The molecule has 1 fully saturated rings. The molecule has 2 aromatic carbocycles. The summed E-state index contributed by atoms with van der Waals surface area (Å²) < 4.78 is 31.8. The molecule has 0 amide bonds. The Balaban J connectivity index is 1.74. The minimum absolute atomic E-state index is 0.0550. The number of ether oxygens (including phenoxy) is 1. The molecule has 1 saturated heterocycles. The van der Waals surface area contributed by atoms with Crippen LogP contribution in [-0.2, 0) is 19.4 Å². The summed E-state index contributed by atoms with van der Waals surface area (Å²) in [5.74, 6) is 0.107. The van der Waals surface area contributed by atoms with E-state index in [4.69, 9.17) is 4.74 Å². The molecule has 6 nitrogen and oxygen atoms in total. The number of carbonyl (C=O) groups is 1. The first-order valence-corrected chi connectivity index (χ1v) is 13.2. The summed E-state index contributed by atoms with van der Waals surface area (Å²) >= 11 is 1.53. The molecule has 168 valence electrons. The summed E-state index contributed by atoms with van der Waals surface area (Å²) in [5.41, 5.74) is 2.98. The second kappa shape index (κ2) is 9.11. The Morgan fingerprint density at radius 3 is 2.47 bits per heavy atom. The van der Waals surface area contributed by atoms with Crippen molar-refractivity contribution in [2.24, 2.45) is 4.99 Å². The molecule has 0 aliphatic carbocycles. The van der Waals surface area contributed by atoms with Crippen LogP contribution in [0, 0.1) is 6.92 Å². The Kier molecular flexibility index (Phi) is 6.44. The molecule has 0 N–H and O–H groups in total. The van der Waals surface area contributed by atoms with Gasteiger partial charge in [0.05, 0.1) is 40.6 Å². The predicted molar refractivity (Wildman–Crippen MR) is 127 cm³/mol. The summed E-state index contributed by atoms with van der Waals surface area (Å²) in [5, 5.41) is 0.744. The average molecular weight is 471 g/mol. The van der Waals surface area contributed by atoms with Crippen LogP contribution in [0.1, 0.15) is 31.0 Å². The minimum Gasteiger partial charge on any atom is -0.463 e. The first-order valence-electron chi connectivity index (χ1n) is 10.5. The topological polar surface area (TPSA) is 76.0 Å². The van der Waals surface area contributed by atoms with Crippen LogP contribution in [0.2, 0.25) is 0 Å². The van der Waals surface area contributed by atoms with Gasteiger partial charge in [0.2, 0.25) is 0 Å². The van der Waals surface area contributed by atoms with Crippen molar-refractivity contribution in [2.75, 3.05) is 18.1 Å². The van der Waals surface area contributed by atoms with Gasteiger partial charge in [-0.25, -0.2) is 18.2 Å². The quantitative estimate of drug-likeness (QED) is 0.591. The second-order valence-corrected chi connectivity index (χ2v) is 10.9. The van der Waals surface area contributed by atoms with Crippen molar-refractivity contribution in [1.29, 1.82) is 0 Å². The third-order valence-electron chi connectivity index (χ3n) is 5.63. The van der Waals surface area contributed by atoms with E-state index in [1.807, 2.05) is 61.2 Å². The molecule has 2 heterocycles. The van der Waals surface area contributed by atoms with Crippen molar-refractivity contribution in [3.05, 3.63) is 77.0 Å². The van der Waals surface area contributed by atoms with E-state index in [-0.39, 0.29) is 18.4 Å². The maximum atomic E-state index is 13.2.